The average molecular weight is 427 g/mol. The number of hydrogen-bond donors (Lipinski definition) is 1. The third-order valence-corrected chi connectivity index (χ3v) is 11.4. The Kier molecular flexibility index (Phi) is 6.59. The minimum atomic E-state index is -0.0875. The quantitative estimate of drug-likeness (QED) is 0.439. The van der Waals surface area contributed by atoms with E-state index in [1.54, 1.807) is 11.1 Å². The van der Waals surface area contributed by atoms with Gasteiger partial charge in [0.25, 0.3) is 0 Å². The second kappa shape index (κ2) is 8.66. The summed E-state index contributed by atoms with van der Waals surface area (Å²) in [4.78, 5) is 0. The number of allylic oxidation sites excluding steroid dienone is 3. The van der Waals surface area contributed by atoms with Crippen LogP contribution in [0.3, 0.4) is 0 Å². The standard InChI is InChI=1S/C30H50O/c1-8-22(21(5)19(2)3)17-20(4)26-11-12-27-25-10-9-23-18-24(31)13-15-29(23,6)28(25)14-16-30(26,27)7/h8-9,19-21,24-28,31H,10-18H2,1-7H3/b22-8-/t20-,21-,24+,25-,26-,27-,28-,29+,30-/m1/s1. The number of hydrogen-bond acceptors (Lipinski definition) is 1. The van der Waals surface area contributed by atoms with Crippen LogP contribution >= 0.6 is 0 Å². The highest BCUT2D eigenvalue weighted by Gasteiger charge is 2.59. The molecule has 4 aliphatic carbocycles. The average Bonchev–Trinajstić information content (AvgIpc) is 3.09. The van der Waals surface area contributed by atoms with Gasteiger partial charge in [-0.15, -0.1) is 0 Å². The fourth-order valence-electron chi connectivity index (χ4n) is 9.13. The van der Waals surface area contributed by atoms with Gasteiger partial charge < -0.3 is 5.11 Å². The molecule has 0 bridgehead atoms. The molecule has 176 valence electrons. The molecule has 0 radical (unpaired) electrons. The second-order valence-corrected chi connectivity index (χ2v) is 13.0. The first-order valence-electron chi connectivity index (χ1n) is 13.6. The normalized spacial score (nSPS) is 44.9. The monoisotopic (exact) mass is 426 g/mol. The molecule has 31 heavy (non-hydrogen) atoms. The molecule has 4 aliphatic rings. The SMILES string of the molecule is C/C=C(/C[C@@H](C)[C@H]1CC[C@@H]2[C@H]3CC=C4C[C@@H](O)CC[C@]4(C)[C@@H]3CC[C@@]21C)[C@H](C)C(C)C. The summed E-state index contributed by atoms with van der Waals surface area (Å²) in [7, 11) is 0. The summed E-state index contributed by atoms with van der Waals surface area (Å²) in [6.45, 7) is 17.3. The third kappa shape index (κ3) is 3.89. The van der Waals surface area contributed by atoms with E-state index in [1.807, 2.05) is 0 Å². The van der Waals surface area contributed by atoms with Crippen molar-refractivity contribution >= 4 is 0 Å². The number of aliphatic hydroxyl groups excluding tert-OH is 1. The Morgan fingerprint density at radius 3 is 2.48 bits per heavy atom. The molecule has 1 N–H and O–H groups in total. The minimum absolute atomic E-state index is 0.0875. The molecule has 0 aromatic heterocycles. The van der Waals surface area contributed by atoms with Crippen LogP contribution in [0, 0.1) is 52.3 Å². The Morgan fingerprint density at radius 1 is 1.06 bits per heavy atom. The summed E-state index contributed by atoms with van der Waals surface area (Å²) < 4.78 is 0. The molecule has 4 rings (SSSR count). The van der Waals surface area contributed by atoms with Crippen LogP contribution in [-0.4, -0.2) is 11.2 Å². The maximum atomic E-state index is 10.3. The van der Waals surface area contributed by atoms with Crippen molar-refractivity contribution in [3.8, 4) is 0 Å². The molecule has 0 saturated heterocycles. The smallest absolute Gasteiger partial charge is 0.0577 e. The molecular formula is C30H50O. The van der Waals surface area contributed by atoms with E-state index in [0.29, 0.717) is 16.7 Å². The fourth-order valence-corrected chi connectivity index (χ4v) is 9.13. The third-order valence-electron chi connectivity index (χ3n) is 11.4. The molecule has 3 fully saturated rings. The van der Waals surface area contributed by atoms with Crippen LogP contribution in [0.2, 0.25) is 0 Å². The zero-order valence-corrected chi connectivity index (χ0v) is 21.6. The predicted molar refractivity (Wildman–Crippen MR) is 133 cm³/mol. The number of rotatable bonds is 5. The lowest BCUT2D eigenvalue weighted by Crippen LogP contribution is -2.50. The van der Waals surface area contributed by atoms with Crippen molar-refractivity contribution < 1.29 is 5.11 Å². The molecule has 0 amide bonds. The van der Waals surface area contributed by atoms with E-state index >= 15 is 0 Å². The number of fused-ring (bicyclic) bond motifs is 5. The first-order valence-corrected chi connectivity index (χ1v) is 13.6. The molecule has 1 heteroatoms. The van der Waals surface area contributed by atoms with Gasteiger partial charge in [0.2, 0.25) is 0 Å². The van der Waals surface area contributed by atoms with E-state index in [0.717, 1.165) is 48.3 Å². The summed E-state index contributed by atoms with van der Waals surface area (Å²) in [5, 5.41) is 10.3. The summed E-state index contributed by atoms with van der Waals surface area (Å²) in [5.74, 6) is 5.79. The molecular weight excluding hydrogens is 376 g/mol. The van der Waals surface area contributed by atoms with E-state index in [1.165, 1.54) is 44.9 Å². The van der Waals surface area contributed by atoms with Crippen molar-refractivity contribution in [1.29, 1.82) is 0 Å². The summed E-state index contributed by atoms with van der Waals surface area (Å²) in [6, 6.07) is 0. The first kappa shape index (κ1) is 23.6. The van der Waals surface area contributed by atoms with E-state index < -0.39 is 0 Å². The van der Waals surface area contributed by atoms with E-state index in [9.17, 15) is 5.11 Å². The molecule has 1 nitrogen and oxygen atoms in total. The van der Waals surface area contributed by atoms with Crippen molar-refractivity contribution in [2.24, 2.45) is 52.3 Å². The van der Waals surface area contributed by atoms with Crippen molar-refractivity contribution in [3.05, 3.63) is 23.3 Å². The van der Waals surface area contributed by atoms with Crippen LogP contribution in [0.25, 0.3) is 0 Å². The van der Waals surface area contributed by atoms with Crippen molar-refractivity contribution in [3.63, 3.8) is 0 Å². The topological polar surface area (TPSA) is 20.2 Å². The van der Waals surface area contributed by atoms with E-state index in [4.69, 9.17) is 0 Å². The van der Waals surface area contributed by atoms with Crippen LogP contribution in [0.15, 0.2) is 23.3 Å². The maximum absolute atomic E-state index is 10.3. The second-order valence-electron chi connectivity index (χ2n) is 13.0. The number of aliphatic hydroxyl groups is 1. The Labute approximate surface area is 193 Å². The molecule has 0 aliphatic heterocycles. The van der Waals surface area contributed by atoms with Gasteiger partial charge in [-0.25, -0.2) is 0 Å². The van der Waals surface area contributed by atoms with Crippen LogP contribution < -0.4 is 0 Å². The van der Waals surface area contributed by atoms with E-state index in [2.05, 4.69) is 60.6 Å². The van der Waals surface area contributed by atoms with Crippen molar-refractivity contribution in [2.75, 3.05) is 0 Å². The van der Waals surface area contributed by atoms with Gasteiger partial charge in [0.1, 0.15) is 0 Å². The van der Waals surface area contributed by atoms with Gasteiger partial charge in [0.05, 0.1) is 6.10 Å². The fraction of sp³-hybridized carbons (Fsp3) is 0.867. The van der Waals surface area contributed by atoms with Crippen molar-refractivity contribution in [2.45, 2.75) is 112 Å². The lowest BCUT2D eigenvalue weighted by molar-refractivity contribution is -0.0567. The lowest BCUT2D eigenvalue weighted by atomic mass is 9.47. The summed E-state index contributed by atoms with van der Waals surface area (Å²) in [6.07, 6.45) is 16.5. The Hall–Kier alpha value is -0.560. The van der Waals surface area contributed by atoms with Crippen LogP contribution in [-0.2, 0) is 0 Å². The van der Waals surface area contributed by atoms with Gasteiger partial charge in [-0.3, -0.25) is 0 Å². The Balaban J connectivity index is 1.52. The van der Waals surface area contributed by atoms with Crippen LogP contribution in [0.5, 0.6) is 0 Å². The van der Waals surface area contributed by atoms with Crippen molar-refractivity contribution in [1.82, 2.24) is 0 Å². The highest BCUT2D eigenvalue weighted by molar-refractivity contribution is 5.25. The highest BCUT2D eigenvalue weighted by atomic mass is 16.3. The molecule has 0 heterocycles. The van der Waals surface area contributed by atoms with Gasteiger partial charge in [-0.1, -0.05) is 64.8 Å². The van der Waals surface area contributed by atoms with Gasteiger partial charge in [-0.2, -0.15) is 0 Å². The summed E-state index contributed by atoms with van der Waals surface area (Å²) >= 11 is 0. The summed E-state index contributed by atoms with van der Waals surface area (Å²) in [5.41, 5.74) is 4.22. The van der Waals surface area contributed by atoms with Gasteiger partial charge >= 0.3 is 0 Å². The van der Waals surface area contributed by atoms with Gasteiger partial charge in [0, 0.05) is 0 Å². The Bertz CT molecular complexity index is 716. The van der Waals surface area contributed by atoms with Gasteiger partial charge in [0.15, 0.2) is 0 Å². The molecule has 9 atom stereocenters. The largest absolute Gasteiger partial charge is 0.393 e. The zero-order valence-electron chi connectivity index (χ0n) is 21.6. The van der Waals surface area contributed by atoms with Crippen LogP contribution in [0.1, 0.15) is 106 Å². The predicted octanol–water partition coefficient (Wildman–Crippen LogP) is 8.19. The Morgan fingerprint density at radius 2 is 1.81 bits per heavy atom. The van der Waals surface area contributed by atoms with E-state index in [-0.39, 0.29) is 6.10 Å². The first-order chi connectivity index (χ1) is 14.6. The lowest BCUT2D eigenvalue weighted by Gasteiger charge is -2.58. The molecule has 0 spiro atoms. The van der Waals surface area contributed by atoms with Gasteiger partial charge in [-0.05, 0) is 117 Å². The van der Waals surface area contributed by atoms with Crippen LogP contribution in [0.4, 0.5) is 0 Å². The minimum Gasteiger partial charge on any atom is -0.393 e. The highest BCUT2D eigenvalue weighted by Crippen LogP contribution is 2.67. The molecule has 0 aromatic rings. The molecule has 0 unspecified atom stereocenters. The molecule has 3 saturated carbocycles. The molecule has 0 aromatic carbocycles. The maximum Gasteiger partial charge on any atom is 0.0577 e. The zero-order chi connectivity index (χ0) is 22.6.